The number of halogens is 1. The maximum atomic E-state index is 11.5. The number of hydrogen-bond acceptors (Lipinski definition) is 7. The fourth-order valence-corrected chi connectivity index (χ4v) is 5.03. The number of rotatable bonds is 5. The fourth-order valence-electron chi connectivity index (χ4n) is 4.41. The van der Waals surface area contributed by atoms with Gasteiger partial charge in [0.05, 0.1) is 37.0 Å². The lowest BCUT2D eigenvalue weighted by atomic mass is 9.71. The first kappa shape index (κ1) is 20.4. The first-order chi connectivity index (χ1) is 14.3. The number of amides is 1. The van der Waals surface area contributed by atoms with Crippen LogP contribution in [0.15, 0.2) is 22.9 Å². The molecule has 2 heterocycles. The van der Waals surface area contributed by atoms with E-state index in [0.29, 0.717) is 31.9 Å². The van der Waals surface area contributed by atoms with Gasteiger partial charge in [0.2, 0.25) is 0 Å². The number of benzene rings is 1. The summed E-state index contributed by atoms with van der Waals surface area (Å²) in [6.45, 7) is 5.75. The molecule has 1 fully saturated rings. The van der Waals surface area contributed by atoms with Crippen LogP contribution in [0.2, 0.25) is 0 Å². The van der Waals surface area contributed by atoms with Gasteiger partial charge < -0.3 is 20.7 Å². The van der Waals surface area contributed by atoms with Crippen molar-refractivity contribution in [3.63, 3.8) is 0 Å². The number of anilines is 2. The third-order valence-electron chi connectivity index (χ3n) is 5.64. The van der Waals surface area contributed by atoms with Crippen LogP contribution in [0.3, 0.4) is 0 Å². The predicted molar refractivity (Wildman–Crippen MR) is 117 cm³/mol. The number of ether oxygens (including phenoxy) is 1. The van der Waals surface area contributed by atoms with Crippen LogP contribution in [0.1, 0.15) is 31.4 Å². The molecule has 3 N–H and O–H groups in total. The van der Waals surface area contributed by atoms with Gasteiger partial charge in [0, 0.05) is 22.1 Å². The van der Waals surface area contributed by atoms with Gasteiger partial charge in [0.1, 0.15) is 18.2 Å². The van der Waals surface area contributed by atoms with Crippen molar-refractivity contribution in [2.24, 2.45) is 0 Å². The summed E-state index contributed by atoms with van der Waals surface area (Å²) < 4.78 is 6.29. The van der Waals surface area contributed by atoms with Gasteiger partial charge >= 0.3 is 6.09 Å². The van der Waals surface area contributed by atoms with Crippen molar-refractivity contribution in [2.45, 2.75) is 38.2 Å². The van der Waals surface area contributed by atoms with Gasteiger partial charge in [-0.2, -0.15) is 5.26 Å². The monoisotopic (exact) mass is 470 g/mol. The van der Waals surface area contributed by atoms with Crippen LogP contribution in [-0.2, 0) is 16.6 Å². The maximum absolute atomic E-state index is 11.5. The molecule has 0 spiro atoms. The molecule has 1 aliphatic heterocycles. The van der Waals surface area contributed by atoms with E-state index in [1.54, 1.807) is 0 Å². The Morgan fingerprint density at radius 3 is 2.93 bits per heavy atom. The third-order valence-corrected chi connectivity index (χ3v) is 6.28. The van der Waals surface area contributed by atoms with Gasteiger partial charge in [-0.15, -0.1) is 0 Å². The number of nitrogens with one attached hydrogen (secondary N) is 1. The number of carbonyl (C=O) groups excluding carboxylic acids is 1. The minimum Gasteiger partial charge on any atom is -0.442 e. The molecule has 1 amide bonds. The molecule has 1 aromatic heterocycles. The van der Waals surface area contributed by atoms with Crippen LogP contribution < -0.4 is 16.0 Å². The average molecular weight is 471 g/mol. The second kappa shape index (κ2) is 7.76. The highest BCUT2D eigenvalue weighted by molar-refractivity contribution is 9.10. The van der Waals surface area contributed by atoms with E-state index in [0.717, 1.165) is 39.0 Å². The molecule has 0 saturated carbocycles. The van der Waals surface area contributed by atoms with Crippen molar-refractivity contribution in [2.75, 3.05) is 30.3 Å². The van der Waals surface area contributed by atoms with Crippen molar-refractivity contribution in [3.8, 4) is 17.3 Å². The molecule has 0 unspecified atom stereocenters. The lowest BCUT2D eigenvalue weighted by molar-refractivity contribution is 0.142. The van der Waals surface area contributed by atoms with Gasteiger partial charge in [0.15, 0.2) is 0 Å². The van der Waals surface area contributed by atoms with Crippen LogP contribution in [0.5, 0.6) is 0 Å². The molecule has 1 aliphatic carbocycles. The Morgan fingerprint density at radius 1 is 1.43 bits per heavy atom. The minimum atomic E-state index is -0.406. The quantitative estimate of drug-likeness (QED) is 0.688. The van der Waals surface area contributed by atoms with Crippen LogP contribution in [0.25, 0.3) is 11.3 Å². The van der Waals surface area contributed by atoms with Gasteiger partial charge in [-0.05, 0) is 39.4 Å². The lowest BCUT2D eigenvalue weighted by Gasteiger charge is -2.38. The highest BCUT2D eigenvalue weighted by Crippen LogP contribution is 2.48. The van der Waals surface area contributed by atoms with Crippen molar-refractivity contribution >= 4 is 33.5 Å². The Morgan fingerprint density at radius 2 is 2.23 bits per heavy atom. The molecule has 1 atom stereocenters. The summed E-state index contributed by atoms with van der Waals surface area (Å²) in [7, 11) is 0. The van der Waals surface area contributed by atoms with Crippen molar-refractivity contribution in [1.29, 1.82) is 5.26 Å². The van der Waals surface area contributed by atoms with E-state index in [9.17, 15) is 10.1 Å². The first-order valence-corrected chi connectivity index (χ1v) is 10.6. The Labute approximate surface area is 183 Å². The largest absolute Gasteiger partial charge is 0.442 e. The Hall–Kier alpha value is -2.86. The molecular weight excluding hydrogens is 448 g/mol. The zero-order valence-electron chi connectivity index (χ0n) is 16.9. The zero-order valence-corrected chi connectivity index (χ0v) is 18.5. The second-order valence-corrected chi connectivity index (χ2v) is 9.08. The van der Waals surface area contributed by atoms with E-state index >= 15 is 0 Å². The van der Waals surface area contributed by atoms with E-state index in [-0.39, 0.29) is 11.5 Å². The van der Waals surface area contributed by atoms with Gasteiger partial charge in [0.25, 0.3) is 0 Å². The molecule has 0 radical (unpaired) electrons. The van der Waals surface area contributed by atoms with Crippen LogP contribution in [0, 0.1) is 11.3 Å². The normalized spacial score (nSPS) is 18.6. The number of fused-ring (bicyclic) bond motifs is 3. The summed E-state index contributed by atoms with van der Waals surface area (Å²) in [4.78, 5) is 22.4. The summed E-state index contributed by atoms with van der Waals surface area (Å²) in [5.74, 6) is 0.505. The standard InChI is InChI=1S/C21H23BrN6O2/c1-21(2)8-14-13(17-16(21)19(24)27-11-26-17)4-5-15(22)18(14)28(7-3-6-23)10-12-9-25-20(29)30-12/h4-5,11-12H,3,7-10H2,1-2H3,(H,25,29)(H2,24,26,27)/t12-/m0/s1. The Bertz CT molecular complexity index is 1050. The van der Waals surface area contributed by atoms with Gasteiger partial charge in [-0.1, -0.05) is 19.9 Å². The molecule has 156 valence electrons. The highest BCUT2D eigenvalue weighted by Gasteiger charge is 2.37. The summed E-state index contributed by atoms with van der Waals surface area (Å²) in [6, 6.07) is 6.26. The zero-order chi connectivity index (χ0) is 21.5. The average Bonchev–Trinajstić information content (AvgIpc) is 3.09. The second-order valence-electron chi connectivity index (χ2n) is 8.23. The molecule has 0 bridgehead atoms. The van der Waals surface area contributed by atoms with Crippen LogP contribution in [-0.4, -0.2) is 41.8 Å². The number of cyclic esters (lactones) is 1. The van der Waals surface area contributed by atoms with E-state index in [2.05, 4.69) is 56.0 Å². The Kier molecular flexibility index (Phi) is 5.28. The summed E-state index contributed by atoms with van der Waals surface area (Å²) in [6.07, 6.45) is 1.92. The molecule has 2 aliphatic rings. The molecule has 1 saturated heterocycles. The Balaban J connectivity index is 1.83. The third kappa shape index (κ3) is 3.56. The minimum absolute atomic E-state index is 0.258. The highest BCUT2D eigenvalue weighted by atomic mass is 79.9. The number of carbonyl (C=O) groups is 1. The molecule has 4 rings (SSSR count). The maximum Gasteiger partial charge on any atom is 0.407 e. The van der Waals surface area contributed by atoms with Gasteiger partial charge in [-0.25, -0.2) is 14.8 Å². The van der Waals surface area contributed by atoms with Crippen molar-refractivity contribution in [3.05, 3.63) is 34.1 Å². The first-order valence-electron chi connectivity index (χ1n) is 9.81. The molecule has 1 aromatic carbocycles. The number of nitrogens with zero attached hydrogens (tertiary/aromatic N) is 4. The summed E-state index contributed by atoms with van der Waals surface area (Å²) in [5, 5.41) is 11.9. The van der Waals surface area contributed by atoms with E-state index in [1.807, 2.05) is 12.1 Å². The molecular formula is C21H23BrN6O2. The number of aromatic nitrogens is 2. The van der Waals surface area contributed by atoms with Crippen LogP contribution in [0.4, 0.5) is 16.3 Å². The summed E-state index contributed by atoms with van der Waals surface area (Å²) in [5.41, 5.74) is 10.9. The molecule has 2 aromatic rings. The molecule has 30 heavy (non-hydrogen) atoms. The van der Waals surface area contributed by atoms with Crippen molar-refractivity contribution < 1.29 is 9.53 Å². The van der Waals surface area contributed by atoms with Gasteiger partial charge in [-0.3, -0.25) is 0 Å². The van der Waals surface area contributed by atoms with E-state index in [1.165, 1.54) is 6.33 Å². The number of alkyl carbamates (subject to hydrolysis) is 1. The number of nitrogen functional groups attached to an aromatic ring is 1. The summed E-state index contributed by atoms with van der Waals surface area (Å²) >= 11 is 3.72. The van der Waals surface area contributed by atoms with E-state index in [4.69, 9.17) is 10.5 Å². The van der Waals surface area contributed by atoms with Crippen molar-refractivity contribution in [1.82, 2.24) is 15.3 Å². The molecule has 8 nitrogen and oxygen atoms in total. The SMILES string of the molecule is CC1(C)Cc2c(ccc(Br)c2N(CCC#N)C[C@@H]2CNC(=O)O2)-c2ncnc(N)c21. The lowest BCUT2D eigenvalue weighted by Crippen LogP contribution is -2.37. The topological polar surface area (TPSA) is 117 Å². The van der Waals surface area contributed by atoms with Crippen LogP contribution >= 0.6 is 15.9 Å². The smallest absolute Gasteiger partial charge is 0.407 e. The number of hydrogen-bond donors (Lipinski definition) is 2. The number of nitriles is 1. The van der Waals surface area contributed by atoms with E-state index < -0.39 is 6.09 Å². The number of nitrogens with two attached hydrogens (primary N) is 1. The molecule has 9 heteroatoms. The fraction of sp³-hybridized carbons (Fsp3) is 0.429. The predicted octanol–water partition coefficient (Wildman–Crippen LogP) is 3.15.